The average Bonchev–Trinajstić information content (AvgIpc) is 2.35. The van der Waals surface area contributed by atoms with Gasteiger partial charge in [0, 0.05) is 12.6 Å². The van der Waals surface area contributed by atoms with Crippen molar-refractivity contribution in [2.75, 3.05) is 34.9 Å². The van der Waals surface area contributed by atoms with Gasteiger partial charge in [0.25, 0.3) is 0 Å². The molecule has 0 heterocycles. The Hall–Kier alpha value is -1.26. The zero-order chi connectivity index (χ0) is 12.8. The summed E-state index contributed by atoms with van der Waals surface area (Å²) in [6, 6.07) is 6.13. The molecule has 0 saturated heterocycles. The van der Waals surface area contributed by atoms with Crippen LogP contribution in [0.3, 0.4) is 0 Å². The van der Waals surface area contributed by atoms with Gasteiger partial charge in [-0.05, 0) is 44.3 Å². The molecule has 0 amide bonds. The zero-order valence-electron chi connectivity index (χ0n) is 11.1. The molecule has 2 N–H and O–H groups in total. The smallest absolute Gasteiger partial charge is 0.122 e. The molecule has 4 nitrogen and oxygen atoms in total. The Morgan fingerprint density at radius 2 is 1.94 bits per heavy atom. The topological polar surface area (TPSA) is 47.7 Å². The molecule has 1 aromatic rings. The van der Waals surface area contributed by atoms with E-state index in [-0.39, 0.29) is 0 Å². The van der Waals surface area contributed by atoms with E-state index in [1.807, 2.05) is 32.3 Å². The van der Waals surface area contributed by atoms with Gasteiger partial charge in [-0.15, -0.1) is 0 Å². The maximum absolute atomic E-state index is 5.77. The van der Waals surface area contributed by atoms with Crippen LogP contribution < -0.4 is 15.2 Å². The number of ether oxygens (including phenoxy) is 2. The first kappa shape index (κ1) is 13.8. The number of hydrogen-bond acceptors (Lipinski definition) is 4. The number of hydrogen-bond donors (Lipinski definition) is 1. The first-order valence-corrected chi connectivity index (χ1v) is 5.69. The van der Waals surface area contributed by atoms with Gasteiger partial charge in [-0.2, -0.15) is 0 Å². The van der Waals surface area contributed by atoms with E-state index in [2.05, 4.69) is 4.90 Å². The van der Waals surface area contributed by atoms with Gasteiger partial charge < -0.3 is 20.1 Å². The van der Waals surface area contributed by atoms with Crippen LogP contribution >= 0.6 is 0 Å². The molecule has 0 aliphatic heterocycles. The molecule has 0 aliphatic rings. The van der Waals surface area contributed by atoms with Crippen LogP contribution in [-0.4, -0.2) is 45.8 Å². The summed E-state index contributed by atoms with van der Waals surface area (Å²) in [5, 5.41) is 0. The number of methoxy groups -OCH3 is 2. The highest BCUT2D eigenvalue weighted by atomic mass is 16.5. The Kier molecular flexibility index (Phi) is 5.25. The third-order valence-corrected chi connectivity index (χ3v) is 2.95. The van der Waals surface area contributed by atoms with E-state index in [0.29, 0.717) is 12.6 Å². The molecule has 1 unspecified atom stereocenters. The van der Waals surface area contributed by atoms with Crippen molar-refractivity contribution in [2.24, 2.45) is 5.73 Å². The molecule has 96 valence electrons. The van der Waals surface area contributed by atoms with E-state index < -0.39 is 0 Å². The van der Waals surface area contributed by atoms with Crippen LogP contribution in [0, 0.1) is 0 Å². The van der Waals surface area contributed by atoms with Crippen molar-refractivity contribution in [3.05, 3.63) is 23.8 Å². The van der Waals surface area contributed by atoms with Gasteiger partial charge in [-0.25, -0.2) is 0 Å². The van der Waals surface area contributed by atoms with Crippen LogP contribution in [0.5, 0.6) is 11.5 Å². The van der Waals surface area contributed by atoms with Gasteiger partial charge in [-0.1, -0.05) is 0 Å². The molecule has 0 fully saturated rings. The van der Waals surface area contributed by atoms with Crippen molar-refractivity contribution < 1.29 is 9.47 Å². The zero-order valence-corrected chi connectivity index (χ0v) is 11.1. The summed E-state index contributed by atoms with van der Waals surface area (Å²) in [6.07, 6.45) is 0.851. The number of nitrogens with two attached hydrogens (primary N) is 1. The molecule has 17 heavy (non-hydrogen) atoms. The Morgan fingerprint density at radius 1 is 1.24 bits per heavy atom. The number of likely N-dealkylation sites (N-methyl/N-ethyl adjacent to an activating group) is 1. The summed E-state index contributed by atoms with van der Waals surface area (Å²) < 4.78 is 10.6. The molecule has 0 bridgehead atoms. The van der Waals surface area contributed by atoms with E-state index in [1.54, 1.807) is 14.2 Å². The standard InChI is InChI=1S/C13H22N2O2/c1-15(2)11(9-14)7-10-8-12(16-3)5-6-13(10)17-4/h5-6,8,11H,7,9,14H2,1-4H3. The Morgan fingerprint density at radius 3 is 2.41 bits per heavy atom. The fourth-order valence-corrected chi connectivity index (χ4v) is 1.77. The molecule has 1 atom stereocenters. The summed E-state index contributed by atoms with van der Waals surface area (Å²) >= 11 is 0. The highest BCUT2D eigenvalue weighted by Gasteiger charge is 2.14. The quantitative estimate of drug-likeness (QED) is 0.807. The molecule has 0 saturated carbocycles. The van der Waals surface area contributed by atoms with E-state index in [0.717, 1.165) is 23.5 Å². The highest BCUT2D eigenvalue weighted by Crippen LogP contribution is 2.25. The second-order valence-corrected chi connectivity index (χ2v) is 4.24. The fourth-order valence-electron chi connectivity index (χ4n) is 1.77. The van der Waals surface area contributed by atoms with Crippen LogP contribution in [0.25, 0.3) is 0 Å². The van der Waals surface area contributed by atoms with Crippen molar-refractivity contribution in [3.63, 3.8) is 0 Å². The highest BCUT2D eigenvalue weighted by molar-refractivity contribution is 5.40. The summed E-state index contributed by atoms with van der Waals surface area (Å²) in [6.45, 7) is 0.618. The second kappa shape index (κ2) is 6.47. The summed E-state index contributed by atoms with van der Waals surface area (Å²) in [4.78, 5) is 2.12. The largest absolute Gasteiger partial charge is 0.497 e. The molecule has 0 aliphatic carbocycles. The van der Waals surface area contributed by atoms with Crippen molar-refractivity contribution in [1.82, 2.24) is 4.90 Å². The van der Waals surface area contributed by atoms with E-state index in [9.17, 15) is 0 Å². The normalized spacial score (nSPS) is 12.6. The van der Waals surface area contributed by atoms with Crippen molar-refractivity contribution >= 4 is 0 Å². The summed E-state index contributed by atoms with van der Waals surface area (Å²) in [7, 11) is 7.41. The number of rotatable bonds is 6. The minimum atomic E-state index is 0.302. The Labute approximate surface area is 103 Å². The monoisotopic (exact) mass is 238 g/mol. The third-order valence-electron chi connectivity index (χ3n) is 2.95. The van der Waals surface area contributed by atoms with Gasteiger partial charge in [0.1, 0.15) is 11.5 Å². The van der Waals surface area contributed by atoms with Crippen LogP contribution in [0.15, 0.2) is 18.2 Å². The van der Waals surface area contributed by atoms with Crippen LogP contribution in [0.1, 0.15) is 5.56 Å². The molecular weight excluding hydrogens is 216 g/mol. The lowest BCUT2D eigenvalue weighted by atomic mass is 10.0. The van der Waals surface area contributed by atoms with Crippen LogP contribution in [-0.2, 0) is 6.42 Å². The maximum atomic E-state index is 5.77. The van der Waals surface area contributed by atoms with Crippen molar-refractivity contribution in [1.29, 1.82) is 0 Å². The molecule has 4 heteroatoms. The van der Waals surface area contributed by atoms with E-state index in [1.165, 1.54) is 0 Å². The van der Waals surface area contributed by atoms with Gasteiger partial charge >= 0.3 is 0 Å². The predicted octanol–water partition coefficient (Wildman–Crippen LogP) is 1.14. The van der Waals surface area contributed by atoms with E-state index >= 15 is 0 Å². The summed E-state index contributed by atoms with van der Waals surface area (Å²) in [5.74, 6) is 1.72. The van der Waals surface area contributed by atoms with E-state index in [4.69, 9.17) is 15.2 Å². The first-order valence-electron chi connectivity index (χ1n) is 5.69. The Balaban J connectivity index is 2.93. The summed E-state index contributed by atoms with van der Waals surface area (Å²) in [5.41, 5.74) is 6.89. The Bertz CT molecular complexity index is 353. The van der Waals surface area contributed by atoms with Gasteiger partial charge in [-0.3, -0.25) is 0 Å². The number of nitrogens with zero attached hydrogens (tertiary/aromatic N) is 1. The van der Waals surface area contributed by atoms with Crippen LogP contribution in [0.2, 0.25) is 0 Å². The van der Waals surface area contributed by atoms with Gasteiger partial charge in [0.15, 0.2) is 0 Å². The van der Waals surface area contributed by atoms with Gasteiger partial charge in [0.2, 0.25) is 0 Å². The molecule has 1 rings (SSSR count). The fraction of sp³-hybridized carbons (Fsp3) is 0.538. The molecule has 0 aromatic heterocycles. The maximum Gasteiger partial charge on any atom is 0.122 e. The predicted molar refractivity (Wildman–Crippen MR) is 69.8 cm³/mol. The average molecular weight is 238 g/mol. The van der Waals surface area contributed by atoms with Crippen LogP contribution in [0.4, 0.5) is 0 Å². The minimum Gasteiger partial charge on any atom is -0.497 e. The SMILES string of the molecule is COc1ccc(OC)c(CC(CN)N(C)C)c1. The molecule has 1 aromatic carbocycles. The lowest BCUT2D eigenvalue weighted by Crippen LogP contribution is -2.36. The molecule has 0 spiro atoms. The molecular formula is C13H22N2O2. The number of benzene rings is 1. The third kappa shape index (κ3) is 3.61. The first-order chi connectivity index (χ1) is 8.12. The minimum absolute atomic E-state index is 0.302. The van der Waals surface area contributed by atoms with Crippen molar-refractivity contribution in [3.8, 4) is 11.5 Å². The lowest BCUT2D eigenvalue weighted by molar-refractivity contribution is 0.294. The second-order valence-electron chi connectivity index (χ2n) is 4.24. The lowest BCUT2D eigenvalue weighted by Gasteiger charge is -2.23. The van der Waals surface area contributed by atoms with Gasteiger partial charge in [0.05, 0.1) is 14.2 Å². The van der Waals surface area contributed by atoms with Crippen molar-refractivity contribution in [2.45, 2.75) is 12.5 Å². The molecule has 0 radical (unpaired) electrons.